The van der Waals surface area contributed by atoms with Crippen molar-refractivity contribution >= 4 is 22.4 Å². The minimum atomic E-state index is -3.36. The molecule has 0 saturated carbocycles. The first-order chi connectivity index (χ1) is 10.1. The Balaban J connectivity index is 0.00000176. The number of sulfonamides is 1. The lowest BCUT2D eigenvalue weighted by atomic mass is 9.92. The maximum atomic E-state index is 12.8. The summed E-state index contributed by atoms with van der Waals surface area (Å²) in [6.45, 7) is 1.75. The Morgan fingerprint density at radius 1 is 1.14 bits per heavy atom. The average molecular weight is 345 g/mol. The van der Waals surface area contributed by atoms with Gasteiger partial charge in [-0.05, 0) is 74.2 Å². The van der Waals surface area contributed by atoms with Crippen LogP contribution in [0.4, 0.5) is 0 Å². The molecule has 3 rings (SSSR count). The second kappa shape index (κ2) is 7.30. The van der Waals surface area contributed by atoms with Crippen LogP contribution in [-0.4, -0.2) is 32.4 Å². The number of nitrogens with two attached hydrogens (primary N) is 1. The third-order valence-electron chi connectivity index (χ3n) is 4.77. The molecule has 22 heavy (non-hydrogen) atoms. The maximum absolute atomic E-state index is 12.8. The molecule has 1 aromatic rings. The van der Waals surface area contributed by atoms with Gasteiger partial charge in [0.05, 0.1) is 4.90 Å². The van der Waals surface area contributed by atoms with Gasteiger partial charge in [-0.15, -0.1) is 12.4 Å². The van der Waals surface area contributed by atoms with Crippen molar-refractivity contribution in [1.29, 1.82) is 0 Å². The first-order valence-corrected chi connectivity index (χ1v) is 9.37. The zero-order valence-electron chi connectivity index (χ0n) is 12.8. The molecule has 2 aliphatic rings. The predicted octanol–water partition coefficient (Wildman–Crippen LogP) is 2.35. The first kappa shape index (κ1) is 17.7. The zero-order valence-corrected chi connectivity index (χ0v) is 14.5. The molecular formula is C16H25ClN2O2S. The molecule has 1 aliphatic heterocycles. The van der Waals surface area contributed by atoms with Crippen molar-refractivity contribution in [3.05, 3.63) is 29.3 Å². The maximum Gasteiger partial charge on any atom is 0.243 e. The van der Waals surface area contributed by atoms with Gasteiger partial charge in [0.1, 0.15) is 0 Å². The molecule has 1 fully saturated rings. The van der Waals surface area contributed by atoms with Crippen molar-refractivity contribution < 1.29 is 8.42 Å². The quantitative estimate of drug-likeness (QED) is 0.915. The Hall–Kier alpha value is -0.620. The lowest BCUT2D eigenvalue weighted by Gasteiger charge is -2.31. The monoisotopic (exact) mass is 344 g/mol. The number of nitrogens with zero attached hydrogens (tertiary/aromatic N) is 1. The van der Waals surface area contributed by atoms with Crippen LogP contribution in [0.25, 0.3) is 0 Å². The van der Waals surface area contributed by atoms with E-state index in [0.717, 1.165) is 32.1 Å². The van der Waals surface area contributed by atoms with Gasteiger partial charge in [-0.25, -0.2) is 8.42 Å². The Kier molecular flexibility index (Phi) is 5.88. The van der Waals surface area contributed by atoms with Crippen molar-refractivity contribution in [3.8, 4) is 0 Å². The van der Waals surface area contributed by atoms with Crippen LogP contribution in [0.5, 0.6) is 0 Å². The molecule has 0 amide bonds. The standard InChI is InChI=1S/C16H24N2O2S.ClH/c17-11-13-4-3-9-18(12-13)21(19,20)16-8-7-14-5-1-2-6-15(14)10-16;/h7-8,10,13H,1-6,9,11-12,17H2;1H. The fraction of sp³-hybridized carbons (Fsp3) is 0.625. The van der Waals surface area contributed by atoms with Crippen LogP contribution >= 0.6 is 12.4 Å². The van der Waals surface area contributed by atoms with E-state index in [9.17, 15) is 8.42 Å². The van der Waals surface area contributed by atoms with Crippen molar-refractivity contribution in [2.24, 2.45) is 11.7 Å². The molecule has 1 saturated heterocycles. The molecule has 1 aliphatic carbocycles. The lowest BCUT2D eigenvalue weighted by molar-refractivity contribution is 0.271. The molecule has 124 valence electrons. The summed E-state index contributed by atoms with van der Waals surface area (Å²) in [5, 5.41) is 0. The number of fused-ring (bicyclic) bond motifs is 1. The number of piperidine rings is 1. The Bertz CT molecular complexity index is 619. The molecule has 0 bridgehead atoms. The Morgan fingerprint density at radius 2 is 1.86 bits per heavy atom. The van der Waals surface area contributed by atoms with E-state index >= 15 is 0 Å². The topological polar surface area (TPSA) is 63.4 Å². The number of rotatable bonds is 3. The Morgan fingerprint density at radius 3 is 2.59 bits per heavy atom. The van der Waals surface area contributed by atoms with Gasteiger partial charge >= 0.3 is 0 Å². The van der Waals surface area contributed by atoms with Crippen LogP contribution in [0.15, 0.2) is 23.1 Å². The van der Waals surface area contributed by atoms with Crippen molar-refractivity contribution in [2.45, 2.75) is 43.4 Å². The molecule has 1 aromatic carbocycles. The molecule has 0 spiro atoms. The van der Waals surface area contributed by atoms with Crippen LogP contribution in [-0.2, 0) is 22.9 Å². The fourth-order valence-electron chi connectivity index (χ4n) is 3.46. The minimum Gasteiger partial charge on any atom is -0.330 e. The molecule has 6 heteroatoms. The van der Waals surface area contributed by atoms with Gasteiger partial charge in [-0.3, -0.25) is 0 Å². The fourth-order valence-corrected chi connectivity index (χ4v) is 5.06. The summed E-state index contributed by atoms with van der Waals surface area (Å²) in [6, 6.07) is 5.69. The first-order valence-electron chi connectivity index (χ1n) is 7.93. The summed E-state index contributed by atoms with van der Waals surface area (Å²) in [6.07, 6.45) is 6.40. The largest absolute Gasteiger partial charge is 0.330 e. The normalized spacial score (nSPS) is 22.7. The van der Waals surface area contributed by atoms with E-state index in [1.54, 1.807) is 10.4 Å². The molecule has 2 N–H and O–H groups in total. The lowest BCUT2D eigenvalue weighted by Crippen LogP contribution is -2.42. The van der Waals surface area contributed by atoms with Crippen molar-refractivity contribution in [1.82, 2.24) is 4.31 Å². The van der Waals surface area contributed by atoms with Crippen LogP contribution < -0.4 is 5.73 Å². The number of aryl methyl sites for hydroxylation is 2. The highest BCUT2D eigenvalue weighted by Crippen LogP contribution is 2.27. The van der Waals surface area contributed by atoms with Crippen LogP contribution in [0.2, 0.25) is 0 Å². The number of benzene rings is 1. The summed E-state index contributed by atoms with van der Waals surface area (Å²) in [7, 11) is -3.36. The number of hydrogen-bond donors (Lipinski definition) is 1. The van der Waals surface area contributed by atoms with Crippen molar-refractivity contribution in [2.75, 3.05) is 19.6 Å². The SMILES string of the molecule is Cl.NCC1CCCN(S(=O)(=O)c2ccc3c(c2)CCCC3)C1. The summed E-state index contributed by atoms with van der Waals surface area (Å²) >= 11 is 0. The summed E-state index contributed by atoms with van der Waals surface area (Å²) in [5.41, 5.74) is 8.25. The second-order valence-electron chi connectivity index (χ2n) is 6.24. The van der Waals surface area contributed by atoms with E-state index in [1.807, 2.05) is 12.1 Å². The highest BCUT2D eigenvalue weighted by Gasteiger charge is 2.30. The summed E-state index contributed by atoms with van der Waals surface area (Å²) in [5.74, 6) is 0.297. The number of hydrogen-bond acceptors (Lipinski definition) is 3. The predicted molar refractivity (Wildman–Crippen MR) is 90.9 cm³/mol. The van der Waals surface area contributed by atoms with E-state index in [1.165, 1.54) is 17.5 Å². The molecule has 1 heterocycles. The third kappa shape index (κ3) is 3.48. The average Bonchev–Trinajstić information content (AvgIpc) is 2.54. The molecule has 0 radical (unpaired) electrons. The van der Waals surface area contributed by atoms with Gasteiger partial charge in [0.2, 0.25) is 10.0 Å². The van der Waals surface area contributed by atoms with Crippen LogP contribution in [0.3, 0.4) is 0 Å². The minimum absolute atomic E-state index is 0. The van der Waals surface area contributed by atoms with Gasteiger partial charge < -0.3 is 5.73 Å². The van der Waals surface area contributed by atoms with Gasteiger partial charge in [0.15, 0.2) is 0 Å². The smallest absolute Gasteiger partial charge is 0.243 e. The molecule has 1 unspecified atom stereocenters. The van der Waals surface area contributed by atoms with Gasteiger partial charge in [0, 0.05) is 13.1 Å². The zero-order chi connectivity index (χ0) is 14.9. The molecular weight excluding hydrogens is 320 g/mol. The van der Waals surface area contributed by atoms with E-state index in [-0.39, 0.29) is 12.4 Å². The Labute approximate surface area is 139 Å². The van der Waals surface area contributed by atoms with Gasteiger partial charge in [-0.1, -0.05) is 6.07 Å². The third-order valence-corrected chi connectivity index (χ3v) is 6.63. The van der Waals surface area contributed by atoms with Crippen LogP contribution in [0.1, 0.15) is 36.8 Å². The molecule has 4 nitrogen and oxygen atoms in total. The van der Waals surface area contributed by atoms with E-state index < -0.39 is 10.0 Å². The highest BCUT2D eigenvalue weighted by molar-refractivity contribution is 7.89. The summed E-state index contributed by atoms with van der Waals surface area (Å²) in [4.78, 5) is 0.459. The second-order valence-corrected chi connectivity index (χ2v) is 8.18. The van der Waals surface area contributed by atoms with Crippen molar-refractivity contribution in [3.63, 3.8) is 0 Å². The molecule has 0 aromatic heterocycles. The van der Waals surface area contributed by atoms with Crippen LogP contribution in [0, 0.1) is 5.92 Å². The van der Waals surface area contributed by atoms with E-state index in [4.69, 9.17) is 5.73 Å². The number of halogens is 1. The van der Waals surface area contributed by atoms with E-state index in [0.29, 0.717) is 30.4 Å². The molecule has 1 atom stereocenters. The van der Waals surface area contributed by atoms with Gasteiger partial charge in [-0.2, -0.15) is 4.31 Å². The van der Waals surface area contributed by atoms with Gasteiger partial charge in [0.25, 0.3) is 0 Å². The highest BCUT2D eigenvalue weighted by atomic mass is 35.5. The summed E-state index contributed by atoms with van der Waals surface area (Å²) < 4.78 is 27.3. The van der Waals surface area contributed by atoms with E-state index in [2.05, 4.69) is 0 Å².